The van der Waals surface area contributed by atoms with Gasteiger partial charge in [0.25, 0.3) is 0 Å². The molecule has 0 aromatic heterocycles. The first-order valence-electron chi connectivity index (χ1n) is 7.21. The SMILES string of the molecule is CCCCCC(NC)c1ccccc1OCCOC. The Kier molecular flexibility index (Phi) is 8.26. The van der Waals surface area contributed by atoms with E-state index in [0.29, 0.717) is 19.3 Å². The van der Waals surface area contributed by atoms with Crippen LogP contribution in [0.5, 0.6) is 5.75 Å². The minimum Gasteiger partial charge on any atom is -0.491 e. The van der Waals surface area contributed by atoms with E-state index >= 15 is 0 Å². The predicted octanol–water partition coefficient (Wildman–Crippen LogP) is 3.55. The highest BCUT2D eigenvalue weighted by atomic mass is 16.5. The molecule has 0 amide bonds. The largest absolute Gasteiger partial charge is 0.491 e. The Hall–Kier alpha value is -1.06. The van der Waals surface area contributed by atoms with Crippen LogP contribution in [0.4, 0.5) is 0 Å². The Morgan fingerprint density at radius 3 is 2.63 bits per heavy atom. The van der Waals surface area contributed by atoms with Crippen LogP contribution in [0.25, 0.3) is 0 Å². The minimum atomic E-state index is 0.366. The molecule has 0 spiro atoms. The van der Waals surface area contributed by atoms with E-state index < -0.39 is 0 Å². The highest BCUT2D eigenvalue weighted by Gasteiger charge is 2.13. The zero-order valence-corrected chi connectivity index (χ0v) is 12.4. The molecule has 0 fully saturated rings. The van der Waals surface area contributed by atoms with Crippen molar-refractivity contribution in [2.75, 3.05) is 27.4 Å². The molecule has 0 heterocycles. The molecule has 0 saturated heterocycles. The number of hydrogen-bond acceptors (Lipinski definition) is 3. The van der Waals surface area contributed by atoms with Gasteiger partial charge in [-0.2, -0.15) is 0 Å². The quantitative estimate of drug-likeness (QED) is 0.656. The maximum Gasteiger partial charge on any atom is 0.124 e. The van der Waals surface area contributed by atoms with Crippen LogP contribution in [-0.4, -0.2) is 27.4 Å². The van der Waals surface area contributed by atoms with Crippen molar-refractivity contribution in [3.05, 3.63) is 29.8 Å². The molecule has 1 rings (SSSR count). The van der Waals surface area contributed by atoms with Crippen molar-refractivity contribution in [3.8, 4) is 5.75 Å². The van der Waals surface area contributed by atoms with Gasteiger partial charge >= 0.3 is 0 Å². The summed E-state index contributed by atoms with van der Waals surface area (Å²) in [5, 5.41) is 3.40. The van der Waals surface area contributed by atoms with Gasteiger partial charge in [-0.05, 0) is 19.5 Å². The van der Waals surface area contributed by atoms with Crippen molar-refractivity contribution in [2.45, 2.75) is 38.6 Å². The van der Waals surface area contributed by atoms with Crippen LogP contribution in [0.3, 0.4) is 0 Å². The van der Waals surface area contributed by atoms with E-state index in [2.05, 4.69) is 24.4 Å². The van der Waals surface area contributed by atoms with Crippen LogP contribution in [-0.2, 0) is 4.74 Å². The average molecular weight is 265 g/mol. The van der Waals surface area contributed by atoms with E-state index in [1.54, 1.807) is 7.11 Å². The Labute approximate surface area is 117 Å². The molecule has 1 atom stereocenters. The summed E-state index contributed by atoms with van der Waals surface area (Å²) in [4.78, 5) is 0. The van der Waals surface area contributed by atoms with Crippen molar-refractivity contribution in [2.24, 2.45) is 0 Å². The minimum absolute atomic E-state index is 0.366. The van der Waals surface area contributed by atoms with Gasteiger partial charge < -0.3 is 14.8 Å². The molecule has 0 bridgehead atoms. The summed E-state index contributed by atoms with van der Waals surface area (Å²) in [6.45, 7) is 3.45. The van der Waals surface area contributed by atoms with Crippen molar-refractivity contribution in [1.29, 1.82) is 0 Å². The van der Waals surface area contributed by atoms with Crippen molar-refractivity contribution in [1.82, 2.24) is 5.32 Å². The van der Waals surface area contributed by atoms with E-state index in [-0.39, 0.29) is 0 Å². The summed E-state index contributed by atoms with van der Waals surface area (Å²) in [5.41, 5.74) is 1.25. The summed E-state index contributed by atoms with van der Waals surface area (Å²) < 4.78 is 10.8. The van der Waals surface area contributed by atoms with Gasteiger partial charge in [0.1, 0.15) is 12.4 Å². The van der Waals surface area contributed by atoms with Gasteiger partial charge in [0.15, 0.2) is 0 Å². The lowest BCUT2D eigenvalue weighted by molar-refractivity contribution is 0.145. The number of para-hydroxylation sites is 1. The smallest absolute Gasteiger partial charge is 0.124 e. The Bertz CT molecular complexity index is 341. The highest BCUT2D eigenvalue weighted by Crippen LogP contribution is 2.28. The molecule has 1 unspecified atom stereocenters. The van der Waals surface area contributed by atoms with Crippen LogP contribution >= 0.6 is 0 Å². The molecule has 0 saturated carbocycles. The van der Waals surface area contributed by atoms with Crippen LogP contribution in [0.2, 0.25) is 0 Å². The topological polar surface area (TPSA) is 30.5 Å². The molecule has 3 nitrogen and oxygen atoms in total. The molecule has 1 aromatic carbocycles. The summed E-state index contributed by atoms with van der Waals surface area (Å²) in [6.07, 6.45) is 4.93. The second kappa shape index (κ2) is 9.82. The van der Waals surface area contributed by atoms with Crippen LogP contribution in [0.15, 0.2) is 24.3 Å². The van der Waals surface area contributed by atoms with Gasteiger partial charge in [0, 0.05) is 18.7 Å². The maximum absolute atomic E-state index is 5.80. The average Bonchev–Trinajstić information content (AvgIpc) is 2.45. The molecule has 108 valence electrons. The van der Waals surface area contributed by atoms with Crippen molar-refractivity contribution in [3.63, 3.8) is 0 Å². The lowest BCUT2D eigenvalue weighted by Gasteiger charge is -2.20. The number of nitrogens with one attached hydrogen (secondary N) is 1. The maximum atomic E-state index is 5.80. The van der Waals surface area contributed by atoms with E-state index in [1.807, 2.05) is 19.2 Å². The summed E-state index contributed by atoms with van der Waals surface area (Å²) in [7, 11) is 3.71. The van der Waals surface area contributed by atoms with E-state index in [4.69, 9.17) is 9.47 Å². The molecule has 0 radical (unpaired) electrons. The van der Waals surface area contributed by atoms with Crippen molar-refractivity contribution >= 4 is 0 Å². The van der Waals surface area contributed by atoms with Gasteiger partial charge in [0.05, 0.1) is 6.61 Å². The van der Waals surface area contributed by atoms with E-state index in [0.717, 1.165) is 12.2 Å². The third kappa shape index (κ3) is 5.62. The van der Waals surface area contributed by atoms with Gasteiger partial charge in [-0.15, -0.1) is 0 Å². The Morgan fingerprint density at radius 2 is 1.95 bits per heavy atom. The number of rotatable bonds is 10. The zero-order chi connectivity index (χ0) is 13.9. The lowest BCUT2D eigenvalue weighted by atomic mass is 10.00. The van der Waals surface area contributed by atoms with Crippen LogP contribution in [0, 0.1) is 0 Å². The number of ether oxygens (including phenoxy) is 2. The van der Waals surface area contributed by atoms with Gasteiger partial charge in [0.2, 0.25) is 0 Å². The van der Waals surface area contributed by atoms with Gasteiger partial charge in [-0.3, -0.25) is 0 Å². The molecule has 1 aromatic rings. The zero-order valence-electron chi connectivity index (χ0n) is 12.4. The molecule has 0 aliphatic heterocycles. The fourth-order valence-corrected chi connectivity index (χ4v) is 2.19. The highest BCUT2D eigenvalue weighted by molar-refractivity contribution is 5.35. The fraction of sp³-hybridized carbons (Fsp3) is 0.625. The summed E-state index contributed by atoms with van der Waals surface area (Å²) in [5.74, 6) is 0.968. The standard InChI is InChI=1S/C16H27NO2/c1-4-5-6-10-15(17-2)14-9-7-8-11-16(14)19-13-12-18-3/h7-9,11,15,17H,4-6,10,12-13H2,1-3H3. The predicted molar refractivity (Wildman–Crippen MR) is 79.8 cm³/mol. The second-order valence-corrected chi connectivity index (χ2v) is 4.72. The summed E-state index contributed by atoms with van der Waals surface area (Å²) >= 11 is 0. The molecule has 19 heavy (non-hydrogen) atoms. The van der Waals surface area contributed by atoms with Gasteiger partial charge in [-0.1, -0.05) is 44.4 Å². The summed E-state index contributed by atoms with van der Waals surface area (Å²) in [6, 6.07) is 8.64. The number of unbranched alkanes of at least 4 members (excludes halogenated alkanes) is 2. The Morgan fingerprint density at radius 1 is 1.16 bits per heavy atom. The van der Waals surface area contributed by atoms with Crippen molar-refractivity contribution < 1.29 is 9.47 Å². The van der Waals surface area contributed by atoms with E-state index in [9.17, 15) is 0 Å². The second-order valence-electron chi connectivity index (χ2n) is 4.72. The molecule has 0 aliphatic rings. The molecular formula is C16H27NO2. The lowest BCUT2D eigenvalue weighted by Crippen LogP contribution is -2.18. The first kappa shape index (κ1) is 16.0. The first-order valence-corrected chi connectivity index (χ1v) is 7.21. The number of hydrogen-bond donors (Lipinski definition) is 1. The normalized spacial score (nSPS) is 12.4. The van der Waals surface area contributed by atoms with E-state index in [1.165, 1.54) is 24.8 Å². The molecule has 3 heteroatoms. The third-order valence-electron chi connectivity index (χ3n) is 3.28. The van der Waals surface area contributed by atoms with Crippen LogP contribution in [0.1, 0.15) is 44.2 Å². The molecular weight excluding hydrogens is 238 g/mol. The first-order chi connectivity index (χ1) is 9.33. The van der Waals surface area contributed by atoms with Gasteiger partial charge in [-0.25, -0.2) is 0 Å². The fourth-order valence-electron chi connectivity index (χ4n) is 2.19. The number of methoxy groups -OCH3 is 1. The monoisotopic (exact) mass is 265 g/mol. The molecule has 0 aliphatic carbocycles. The Balaban J connectivity index is 2.66. The third-order valence-corrected chi connectivity index (χ3v) is 3.28. The number of benzene rings is 1. The molecule has 1 N–H and O–H groups in total. The van der Waals surface area contributed by atoms with Crippen LogP contribution < -0.4 is 10.1 Å².